The Morgan fingerprint density at radius 3 is 2.44 bits per heavy atom. The number of aryl methyl sites for hydroxylation is 1. The quantitative estimate of drug-likeness (QED) is 0.648. The Hall–Kier alpha value is -2.94. The Morgan fingerprint density at radius 2 is 1.88 bits per heavy atom. The summed E-state index contributed by atoms with van der Waals surface area (Å²) in [5, 5.41) is 13.4. The number of rotatable bonds is 5. The number of nitro benzene ring substituents is 1. The topological polar surface area (TPSA) is 110 Å². The average molecular weight is 363 g/mol. The van der Waals surface area contributed by atoms with Gasteiger partial charge in [-0.15, -0.1) is 0 Å². The van der Waals surface area contributed by atoms with E-state index < -0.39 is 20.9 Å². The van der Waals surface area contributed by atoms with Gasteiger partial charge in [0.15, 0.2) is 0 Å². The van der Waals surface area contributed by atoms with Crippen molar-refractivity contribution in [2.45, 2.75) is 6.92 Å². The molecule has 2 rings (SSSR count). The molecule has 0 aliphatic heterocycles. The minimum atomic E-state index is -3.40. The smallest absolute Gasteiger partial charge is 0.271 e. The van der Waals surface area contributed by atoms with Crippen LogP contribution in [0.25, 0.3) is 0 Å². The molecule has 0 saturated carbocycles. The Bertz CT molecular complexity index is 941. The molecule has 0 radical (unpaired) electrons. The van der Waals surface area contributed by atoms with E-state index in [1.807, 2.05) is 0 Å². The summed E-state index contributed by atoms with van der Waals surface area (Å²) in [7, 11) is -1.97. The highest BCUT2D eigenvalue weighted by Gasteiger charge is 2.16. The minimum absolute atomic E-state index is 0.126. The number of benzene rings is 2. The maximum atomic E-state index is 12.3. The molecule has 0 bridgehead atoms. The van der Waals surface area contributed by atoms with Crippen LogP contribution in [-0.4, -0.2) is 32.6 Å². The number of hydrogen-bond acceptors (Lipinski definition) is 5. The molecule has 1 N–H and O–H groups in total. The fourth-order valence-corrected chi connectivity index (χ4v) is 2.79. The molecule has 0 aliphatic carbocycles. The van der Waals surface area contributed by atoms with Gasteiger partial charge in [-0.2, -0.15) is 0 Å². The molecule has 0 heterocycles. The van der Waals surface area contributed by atoms with E-state index in [4.69, 9.17) is 0 Å². The number of non-ortho nitro benzene ring substituents is 1. The van der Waals surface area contributed by atoms with Gasteiger partial charge in [0.25, 0.3) is 11.6 Å². The van der Waals surface area contributed by atoms with E-state index in [0.29, 0.717) is 22.5 Å². The first kappa shape index (κ1) is 18.4. The maximum absolute atomic E-state index is 12.3. The molecule has 132 valence electrons. The number of sulfonamides is 1. The lowest BCUT2D eigenvalue weighted by molar-refractivity contribution is -0.384. The van der Waals surface area contributed by atoms with Gasteiger partial charge in [0, 0.05) is 30.4 Å². The number of hydrogen-bond donors (Lipinski definition) is 1. The molecule has 0 aromatic heterocycles. The van der Waals surface area contributed by atoms with Crippen LogP contribution in [0.15, 0.2) is 42.5 Å². The standard InChI is InChI=1S/C16H17N3O5S/c1-11-9-12(7-8-15(11)18(2)25(3,23)24)16(20)17-13-5-4-6-14(10-13)19(21)22/h4-10H,1-3H3,(H,17,20). The zero-order chi connectivity index (χ0) is 18.8. The van der Waals surface area contributed by atoms with E-state index in [1.54, 1.807) is 25.1 Å². The maximum Gasteiger partial charge on any atom is 0.271 e. The van der Waals surface area contributed by atoms with Crippen LogP contribution in [-0.2, 0) is 10.0 Å². The summed E-state index contributed by atoms with van der Waals surface area (Å²) in [6, 6.07) is 10.2. The normalized spacial score (nSPS) is 11.0. The Morgan fingerprint density at radius 1 is 1.20 bits per heavy atom. The number of nitrogens with zero attached hydrogens (tertiary/aromatic N) is 2. The molecule has 25 heavy (non-hydrogen) atoms. The highest BCUT2D eigenvalue weighted by molar-refractivity contribution is 7.92. The number of carbonyl (C=O) groups excluding carboxylic acids is 1. The van der Waals surface area contributed by atoms with E-state index in [9.17, 15) is 23.3 Å². The van der Waals surface area contributed by atoms with Crippen LogP contribution in [0.2, 0.25) is 0 Å². The molecule has 0 aliphatic rings. The van der Waals surface area contributed by atoms with E-state index >= 15 is 0 Å². The van der Waals surface area contributed by atoms with E-state index in [1.165, 1.54) is 31.3 Å². The molecule has 0 unspecified atom stereocenters. The lowest BCUT2D eigenvalue weighted by Crippen LogP contribution is -2.25. The highest BCUT2D eigenvalue weighted by atomic mass is 32.2. The molecular formula is C16H17N3O5S. The molecular weight excluding hydrogens is 346 g/mol. The summed E-state index contributed by atoms with van der Waals surface area (Å²) in [4.78, 5) is 22.5. The molecule has 0 saturated heterocycles. The molecule has 1 amide bonds. The average Bonchev–Trinajstić information content (AvgIpc) is 2.53. The molecule has 0 fully saturated rings. The van der Waals surface area contributed by atoms with E-state index in [0.717, 1.165) is 10.6 Å². The first-order chi connectivity index (χ1) is 11.6. The largest absolute Gasteiger partial charge is 0.322 e. The molecule has 8 nitrogen and oxygen atoms in total. The number of carbonyl (C=O) groups is 1. The summed E-state index contributed by atoms with van der Waals surface area (Å²) in [5.74, 6) is -0.447. The van der Waals surface area contributed by atoms with Crippen LogP contribution in [0.5, 0.6) is 0 Å². The summed E-state index contributed by atoms with van der Waals surface area (Å²) >= 11 is 0. The molecule has 0 atom stereocenters. The Balaban J connectivity index is 2.25. The second kappa shape index (κ2) is 6.89. The Kier molecular flexibility index (Phi) is 5.07. The monoisotopic (exact) mass is 363 g/mol. The van der Waals surface area contributed by atoms with Crippen molar-refractivity contribution in [2.24, 2.45) is 0 Å². The van der Waals surface area contributed by atoms with Crippen LogP contribution >= 0.6 is 0 Å². The zero-order valence-electron chi connectivity index (χ0n) is 13.9. The van der Waals surface area contributed by atoms with Gasteiger partial charge in [0.05, 0.1) is 16.9 Å². The molecule has 2 aromatic carbocycles. The third-order valence-electron chi connectivity index (χ3n) is 3.61. The van der Waals surface area contributed by atoms with Gasteiger partial charge >= 0.3 is 0 Å². The Labute approximate surface area is 145 Å². The summed E-state index contributed by atoms with van der Waals surface area (Å²) in [5.41, 5.74) is 1.57. The SMILES string of the molecule is Cc1cc(C(=O)Nc2cccc([N+](=O)[O-])c2)ccc1N(C)S(C)(=O)=O. The summed E-state index contributed by atoms with van der Waals surface area (Å²) in [6.45, 7) is 1.70. The number of amides is 1. The third kappa shape index (κ3) is 4.32. The predicted octanol–water partition coefficient (Wildman–Crippen LogP) is 2.55. The van der Waals surface area contributed by atoms with Gasteiger partial charge in [-0.25, -0.2) is 8.42 Å². The lowest BCUT2D eigenvalue weighted by Gasteiger charge is -2.19. The van der Waals surface area contributed by atoms with E-state index in [2.05, 4.69) is 5.32 Å². The summed E-state index contributed by atoms with van der Waals surface area (Å²) < 4.78 is 24.4. The minimum Gasteiger partial charge on any atom is -0.322 e. The number of nitro groups is 1. The van der Waals surface area contributed by atoms with Crippen LogP contribution < -0.4 is 9.62 Å². The van der Waals surface area contributed by atoms with Gasteiger partial charge in [0.2, 0.25) is 10.0 Å². The first-order valence-corrected chi connectivity index (χ1v) is 9.05. The van der Waals surface area contributed by atoms with Gasteiger partial charge in [-0.1, -0.05) is 6.07 Å². The molecule has 9 heteroatoms. The van der Waals surface area contributed by atoms with Crippen LogP contribution in [0, 0.1) is 17.0 Å². The zero-order valence-corrected chi connectivity index (χ0v) is 14.7. The van der Waals surface area contributed by atoms with Crippen molar-refractivity contribution in [3.05, 3.63) is 63.7 Å². The lowest BCUT2D eigenvalue weighted by atomic mass is 10.1. The fourth-order valence-electron chi connectivity index (χ4n) is 2.23. The fraction of sp³-hybridized carbons (Fsp3) is 0.188. The van der Waals surface area contributed by atoms with Gasteiger partial charge in [-0.3, -0.25) is 19.2 Å². The molecule has 0 spiro atoms. The first-order valence-electron chi connectivity index (χ1n) is 7.20. The van der Waals surface area contributed by atoms with Crippen molar-refractivity contribution in [2.75, 3.05) is 22.9 Å². The third-order valence-corrected chi connectivity index (χ3v) is 4.80. The van der Waals surface area contributed by atoms with Crippen molar-refractivity contribution < 1.29 is 18.1 Å². The predicted molar refractivity (Wildman–Crippen MR) is 95.5 cm³/mol. The van der Waals surface area contributed by atoms with Gasteiger partial charge in [-0.05, 0) is 36.8 Å². The summed E-state index contributed by atoms with van der Waals surface area (Å²) in [6.07, 6.45) is 1.09. The van der Waals surface area contributed by atoms with Crippen LogP contribution in [0.4, 0.5) is 17.1 Å². The van der Waals surface area contributed by atoms with E-state index in [-0.39, 0.29) is 5.69 Å². The van der Waals surface area contributed by atoms with Crippen molar-refractivity contribution >= 4 is 33.0 Å². The molecule has 2 aromatic rings. The van der Waals surface area contributed by atoms with Gasteiger partial charge < -0.3 is 5.32 Å². The van der Waals surface area contributed by atoms with Crippen molar-refractivity contribution in [3.8, 4) is 0 Å². The van der Waals surface area contributed by atoms with Crippen molar-refractivity contribution in [1.29, 1.82) is 0 Å². The van der Waals surface area contributed by atoms with Crippen molar-refractivity contribution in [1.82, 2.24) is 0 Å². The number of nitrogens with one attached hydrogen (secondary N) is 1. The van der Waals surface area contributed by atoms with Gasteiger partial charge in [0.1, 0.15) is 0 Å². The second-order valence-corrected chi connectivity index (χ2v) is 7.51. The highest BCUT2D eigenvalue weighted by Crippen LogP contribution is 2.23. The number of anilines is 2. The van der Waals surface area contributed by atoms with Crippen molar-refractivity contribution in [3.63, 3.8) is 0 Å². The second-order valence-electron chi connectivity index (χ2n) is 5.49. The van der Waals surface area contributed by atoms with Crippen LogP contribution in [0.3, 0.4) is 0 Å². The van der Waals surface area contributed by atoms with Crippen LogP contribution in [0.1, 0.15) is 15.9 Å².